The van der Waals surface area contributed by atoms with Gasteiger partial charge in [-0.1, -0.05) is 6.04 Å². The normalized spacial score (nSPS) is 24.3. The fourth-order valence-corrected chi connectivity index (χ4v) is 1.54. The minimum Gasteiger partial charge on any atom is -0.669 e. The van der Waals surface area contributed by atoms with Gasteiger partial charge in [0.2, 0.25) is 5.76 Å². The number of esters is 1. The van der Waals surface area contributed by atoms with Gasteiger partial charge in [0, 0.05) is 220 Å². The van der Waals surface area contributed by atoms with Gasteiger partial charge in [-0.15, -0.1) is 0 Å². The van der Waals surface area contributed by atoms with Gasteiger partial charge in [0.25, 0.3) is 0 Å². The predicted octanol–water partition coefficient (Wildman–Crippen LogP) is -2.06. The molecule has 8 nitrogen and oxygen atoms in total. The van der Waals surface area contributed by atoms with E-state index in [2.05, 4.69) is 4.74 Å². The van der Waals surface area contributed by atoms with E-state index in [0.717, 1.165) is 13.2 Å². The van der Waals surface area contributed by atoms with Crippen molar-refractivity contribution in [1.82, 2.24) is 0 Å². The van der Waals surface area contributed by atoms with E-state index in [0.29, 0.717) is 0 Å². The zero-order valence-corrected chi connectivity index (χ0v) is 36.3. The van der Waals surface area contributed by atoms with Gasteiger partial charge in [-0.25, -0.2) is 4.79 Å². The second kappa shape index (κ2) is 21.3. The third-order valence-electron chi connectivity index (χ3n) is 2.61. The molecule has 4 unspecified atom stereocenters. The number of ether oxygens (including phenoxy) is 2. The minimum atomic E-state index is -1.61. The van der Waals surface area contributed by atoms with Gasteiger partial charge in [0.05, 0.1) is 19.8 Å². The van der Waals surface area contributed by atoms with Crippen molar-refractivity contribution in [1.29, 1.82) is 0 Å². The second-order valence-electron chi connectivity index (χ2n) is 3.86. The molecule has 0 aliphatic carbocycles. The van der Waals surface area contributed by atoms with Crippen LogP contribution in [-0.4, -0.2) is 70.6 Å². The Balaban J connectivity index is -0.000000216. The van der Waals surface area contributed by atoms with E-state index in [1.54, 1.807) is 0 Å². The summed E-state index contributed by atoms with van der Waals surface area (Å²) in [6, 6.07) is -1.30. The molecule has 5 atom stereocenters. The van der Waals surface area contributed by atoms with Crippen LogP contribution in [0.25, 0.3) is 5.73 Å². The van der Waals surface area contributed by atoms with Crippen molar-refractivity contribution < 1.29 is 255 Å². The van der Waals surface area contributed by atoms with Gasteiger partial charge in [-0.3, -0.25) is 0 Å². The molecule has 1 aliphatic rings. The zero-order valence-electron chi connectivity index (χ0n) is 12.6. The Morgan fingerprint density at radius 1 is 1.30 bits per heavy atom. The van der Waals surface area contributed by atoms with Gasteiger partial charge in [0.1, 0.15) is 18.3 Å². The van der Waals surface area contributed by atoms with E-state index in [1.165, 1.54) is 0 Å². The van der Waals surface area contributed by atoms with Crippen LogP contribution in [0.1, 0.15) is 0 Å². The molecule has 0 amide bonds. The number of aliphatic hydroxyl groups excluding tert-OH is 4. The summed E-state index contributed by atoms with van der Waals surface area (Å²) in [5.74, 6) is -1.21. The Labute approximate surface area is 314 Å². The standard InChI is InChI=1S/C10H16NO7.5Ac/c1-17-10(16)6-2-4(13)7(11)9(18-6)8(15)5(14)3-12;;;;;/h2,4-5,7-9,11-15H,3H2,1H3;;;;;/q-1;;;;;/t4?,5?,7?,8?,9-;;;;;/m1...../s1. The maximum absolute atomic E-state index is 11.2. The third kappa shape index (κ3) is 13.1. The van der Waals surface area contributed by atoms with Gasteiger partial charge >= 0.3 is 5.97 Å². The molecule has 23 heavy (non-hydrogen) atoms. The molecule has 119 valence electrons. The topological polar surface area (TPSA) is 140 Å². The van der Waals surface area contributed by atoms with Crippen molar-refractivity contribution in [2.24, 2.45) is 0 Å². The molecule has 0 bridgehead atoms. The first-order valence-electron chi connectivity index (χ1n) is 5.25. The second-order valence-corrected chi connectivity index (χ2v) is 3.86. The first-order chi connectivity index (χ1) is 8.42. The average molecular weight is 1400 g/mol. The Morgan fingerprint density at radius 3 is 2.17 bits per heavy atom. The van der Waals surface area contributed by atoms with E-state index in [9.17, 15) is 20.1 Å². The van der Waals surface area contributed by atoms with Crippen molar-refractivity contribution in [2.45, 2.75) is 30.5 Å². The van der Waals surface area contributed by atoms with Gasteiger partial charge in [0.15, 0.2) is 0 Å². The molecule has 0 aromatic rings. The Bertz CT molecular complexity index is 350. The van der Waals surface area contributed by atoms with E-state index in [4.69, 9.17) is 15.6 Å². The smallest absolute Gasteiger partial charge is 0.373 e. The van der Waals surface area contributed by atoms with E-state index < -0.39 is 43.0 Å². The summed E-state index contributed by atoms with van der Waals surface area (Å²) >= 11 is 0. The first-order valence-corrected chi connectivity index (χ1v) is 5.25. The van der Waals surface area contributed by atoms with E-state index >= 15 is 0 Å². The molecule has 5 radical (unpaired) electrons. The van der Waals surface area contributed by atoms with Crippen LogP contribution in [0.3, 0.4) is 0 Å². The molecule has 1 aliphatic heterocycles. The SMILES string of the molecule is COC(=O)C1=CC(O)C([NH-])[C@H](C(O)C(O)CO)O1.[Ac].[Ac].[Ac].[Ac].[Ac]. The van der Waals surface area contributed by atoms with Crippen LogP contribution in [0.5, 0.6) is 0 Å². The fourth-order valence-electron chi connectivity index (χ4n) is 1.54. The maximum atomic E-state index is 11.2. The molecular formula is C10H16Ac5NO7-. The van der Waals surface area contributed by atoms with E-state index in [1.807, 2.05) is 0 Å². The monoisotopic (exact) mass is 1400 g/mol. The molecule has 0 saturated heterocycles. The summed E-state index contributed by atoms with van der Waals surface area (Å²) in [6.45, 7) is -0.735. The molecule has 0 saturated carbocycles. The zero-order chi connectivity index (χ0) is 13.9. The molecular weight excluding hydrogens is 1380 g/mol. The van der Waals surface area contributed by atoms with Crippen LogP contribution in [-0.2, 0) is 14.3 Å². The number of rotatable bonds is 4. The molecule has 0 spiro atoms. The molecule has 0 fully saturated rings. The number of hydrogen-bond acceptors (Lipinski definition) is 7. The van der Waals surface area contributed by atoms with Gasteiger partial charge < -0.3 is 35.6 Å². The Hall–Kier alpha value is 6.02. The van der Waals surface area contributed by atoms with Crippen LogP contribution >= 0.6 is 0 Å². The maximum Gasteiger partial charge on any atom is 0.373 e. The van der Waals surface area contributed by atoms with Crippen molar-refractivity contribution in [2.75, 3.05) is 13.7 Å². The number of hydrogen-bond donors (Lipinski definition) is 4. The number of nitrogens with one attached hydrogen (secondary N) is 1. The summed E-state index contributed by atoms with van der Waals surface area (Å²) in [4.78, 5) is 11.2. The van der Waals surface area contributed by atoms with Crippen LogP contribution in [0.2, 0.25) is 0 Å². The summed E-state index contributed by atoms with van der Waals surface area (Å²) < 4.78 is 9.41. The number of aliphatic hydroxyl groups is 4. The summed E-state index contributed by atoms with van der Waals surface area (Å²) in [5, 5.41) is 37.2. The van der Waals surface area contributed by atoms with Crippen molar-refractivity contribution in [3.63, 3.8) is 0 Å². The van der Waals surface area contributed by atoms with Gasteiger partial charge in [-0.2, -0.15) is 0 Å². The fraction of sp³-hybridized carbons (Fsp3) is 0.700. The molecule has 0 aromatic carbocycles. The number of methoxy groups -OCH3 is 1. The van der Waals surface area contributed by atoms with Crippen molar-refractivity contribution in [3.05, 3.63) is 17.6 Å². The van der Waals surface area contributed by atoms with Gasteiger partial charge in [-0.05, 0) is 6.08 Å². The van der Waals surface area contributed by atoms with Crippen LogP contribution in [0.15, 0.2) is 11.8 Å². The van der Waals surface area contributed by atoms with Crippen LogP contribution in [0.4, 0.5) is 0 Å². The summed E-state index contributed by atoms with van der Waals surface area (Å²) in [7, 11) is 1.11. The molecule has 0 aromatic heterocycles. The number of carbonyl (C=O) groups is 1. The molecule has 1 heterocycles. The summed E-state index contributed by atoms with van der Waals surface area (Å²) in [6.07, 6.45) is -4.84. The third-order valence-corrected chi connectivity index (χ3v) is 2.61. The quantitative estimate of drug-likeness (QED) is 0.238. The Kier molecular flexibility index (Phi) is 36.5. The van der Waals surface area contributed by atoms with Crippen molar-refractivity contribution >= 4 is 5.97 Å². The number of carbonyl (C=O) groups excluding carboxylic acids is 1. The summed E-state index contributed by atoms with van der Waals surface area (Å²) in [5.41, 5.74) is 7.60. The molecule has 13 heteroatoms. The largest absolute Gasteiger partial charge is 0.669 e. The van der Waals surface area contributed by atoms with Crippen LogP contribution in [0, 0.1) is 220 Å². The molecule has 1 rings (SSSR count). The predicted molar refractivity (Wildman–Crippen MR) is 58.2 cm³/mol. The molecule has 5 N–H and O–H groups in total. The minimum absolute atomic E-state index is 0. The Morgan fingerprint density at radius 2 is 1.78 bits per heavy atom. The van der Waals surface area contributed by atoms with E-state index in [-0.39, 0.29) is 226 Å². The van der Waals surface area contributed by atoms with Crippen LogP contribution < -0.4 is 0 Å². The first kappa shape index (κ1) is 39.5. The average Bonchev–Trinajstić information content (AvgIpc) is 2.38. The van der Waals surface area contributed by atoms with Crippen molar-refractivity contribution in [3.8, 4) is 0 Å².